The van der Waals surface area contributed by atoms with E-state index in [2.05, 4.69) is 5.10 Å². The third-order valence-electron chi connectivity index (χ3n) is 3.11. The number of carbonyl (C=O) groups is 1. The van der Waals surface area contributed by atoms with Crippen molar-refractivity contribution in [1.29, 1.82) is 0 Å². The Morgan fingerprint density at radius 1 is 1.29 bits per heavy atom. The van der Waals surface area contributed by atoms with Crippen molar-refractivity contribution in [3.05, 3.63) is 52.8 Å². The SMILES string of the molecule is Cc1c(C(=O)OCc2ccc(C(F)(F)F)cc2)cnn1C. The molecule has 0 amide bonds. The van der Waals surface area contributed by atoms with Crippen LogP contribution in [-0.2, 0) is 24.6 Å². The van der Waals surface area contributed by atoms with Crippen LogP contribution in [0.2, 0.25) is 0 Å². The van der Waals surface area contributed by atoms with E-state index in [1.165, 1.54) is 23.0 Å². The van der Waals surface area contributed by atoms with Crippen molar-refractivity contribution in [3.8, 4) is 0 Å². The number of halogens is 3. The number of rotatable bonds is 3. The largest absolute Gasteiger partial charge is 0.457 e. The van der Waals surface area contributed by atoms with Gasteiger partial charge in [-0.2, -0.15) is 18.3 Å². The molecule has 0 N–H and O–H groups in total. The van der Waals surface area contributed by atoms with Crippen LogP contribution < -0.4 is 0 Å². The van der Waals surface area contributed by atoms with Crippen LogP contribution in [0.5, 0.6) is 0 Å². The molecule has 7 heteroatoms. The van der Waals surface area contributed by atoms with Crippen molar-refractivity contribution in [1.82, 2.24) is 9.78 Å². The number of hydrogen-bond acceptors (Lipinski definition) is 3. The Morgan fingerprint density at radius 2 is 1.90 bits per heavy atom. The normalized spacial score (nSPS) is 11.5. The van der Waals surface area contributed by atoms with Gasteiger partial charge in [0.1, 0.15) is 12.2 Å². The second-order valence-electron chi connectivity index (χ2n) is 4.54. The number of aromatic nitrogens is 2. The highest BCUT2D eigenvalue weighted by atomic mass is 19.4. The summed E-state index contributed by atoms with van der Waals surface area (Å²) in [5.74, 6) is -0.555. The van der Waals surface area contributed by atoms with E-state index in [4.69, 9.17) is 4.74 Å². The van der Waals surface area contributed by atoms with Crippen molar-refractivity contribution >= 4 is 5.97 Å². The number of hydrogen-bond donors (Lipinski definition) is 0. The predicted octanol–water partition coefficient (Wildman–Crippen LogP) is 3.10. The molecular weight excluding hydrogens is 285 g/mol. The summed E-state index contributed by atoms with van der Waals surface area (Å²) >= 11 is 0. The zero-order valence-corrected chi connectivity index (χ0v) is 11.4. The van der Waals surface area contributed by atoms with Gasteiger partial charge in [0.15, 0.2) is 0 Å². The van der Waals surface area contributed by atoms with Crippen LogP contribution in [0.1, 0.15) is 27.2 Å². The van der Waals surface area contributed by atoms with Crippen LogP contribution in [0.25, 0.3) is 0 Å². The third-order valence-corrected chi connectivity index (χ3v) is 3.11. The summed E-state index contributed by atoms with van der Waals surface area (Å²) in [6.07, 6.45) is -2.98. The summed E-state index contributed by atoms with van der Waals surface area (Å²) in [5, 5.41) is 3.92. The van der Waals surface area contributed by atoms with Gasteiger partial charge in [-0.3, -0.25) is 4.68 Å². The molecule has 0 radical (unpaired) electrons. The number of carbonyl (C=O) groups excluding carboxylic acids is 1. The minimum Gasteiger partial charge on any atom is -0.457 e. The van der Waals surface area contributed by atoms with Gasteiger partial charge in [0, 0.05) is 12.7 Å². The topological polar surface area (TPSA) is 44.1 Å². The number of alkyl halides is 3. The zero-order chi connectivity index (χ0) is 15.6. The Kier molecular flexibility index (Phi) is 4.02. The van der Waals surface area contributed by atoms with E-state index in [-0.39, 0.29) is 6.61 Å². The Morgan fingerprint density at radius 3 is 2.38 bits per heavy atom. The first-order valence-electron chi connectivity index (χ1n) is 6.11. The van der Waals surface area contributed by atoms with Crippen molar-refractivity contribution in [2.24, 2.45) is 7.05 Å². The Hall–Kier alpha value is -2.31. The molecule has 0 aliphatic heterocycles. The maximum atomic E-state index is 12.4. The molecule has 1 aromatic carbocycles. The van der Waals surface area contributed by atoms with E-state index < -0.39 is 17.7 Å². The minimum atomic E-state index is -4.37. The van der Waals surface area contributed by atoms with E-state index in [0.29, 0.717) is 16.8 Å². The van der Waals surface area contributed by atoms with Crippen molar-refractivity contribution in [2.45, 2.75) is 19.7 Å². The Labute approximate surface area is 119 Å². The molecule has 0 unspecified atom stereocenters. The van der Waals surface area contributed by atoms with Gasteiger partial charge in [-0.15, -0.1) is 0 Å². The number of aryl methyl sites for hydroxylation is 1. The molecule has 0 aliphatic carbocycles. The van der Waals surface area contributed by atoms with Crippen molar-refractivity contribution in [3.63, 3.8) is 0 Å². The molecule has 1 aromatic heterocycles. The molecule has 0 atom stereocenters. The Bertz CT molecular complexity index is 645. The number of esters is 1. The van der Waals surface area contributed by atoms with Gasteiger partial charge in [0.05, 0.1) is 11.8 Å². The molecule has 0 bridgehead atoms. The molecule has 2 rings (SSSR count). The van der Waals surface area contributed by atoms with E-state index in [9.17, 15) is 18.0 Å². The van der Waals surface area contributed by atoms with Crippen LogP contribution in [-0.4, -0.2) is 15.7 Å². The lowest BCUT2D eigenvalue weighted by atomic mass is 10.1. The average Bonchev–Trinajstić information content (AvgIpc) is 2.76. The van der Waals surface area contributed by atoms with E-state index in [1.54, 1.807) is 14.0 Å². The maximum absolute atomic E-state index is 12.4. The van der Waals surface area contributed by atoms with Crippen LogP contribution in [0.4, 0.5) is 13.2 Å². The quantitative estimate of drug-likeness (QED) is 0.818. The molecular formula is C14H13F3N2O2. The van der Waals surface area contributed by atoms with Gasteiger partial charge in [0.2, 0.25) is 0 Å². The molecule has 2 aromatic rings. The highest BCUT2D eigenvalue weighted by molar-refractivity contribution is 5.90. The third kappa shape index (κ3) is 3.42. The minimum absolute atomic E-state index is 0.0920. The molecule has 0 aliphatic rings. The summed E-state index contributed by atoms with van der Waals surface area (Å²) in [6, 6.07) is 4.48. The van der Waals surface area contributed by atoms with Gasteiger partial charge in [-0.05, 0) is 24.6 Å². The Balaban J connectivity index is 2.00. The summed E-state index contributed by atoms with van der Waals surface area (Å²) in [4.78, 5) is 11.8. The summed E-state index contributed by atoms with van der Waals surface area (Å²) in [6.45, 7) is 1.63. The van der Waals surface area contributed by atoms with Crippen molar-refractivity contribution < 1.29 is 22.7 Å². The summed E-state index contributed by atoms with van der Waals surface area (Å²) in [5.41, 5.74) is 0.746. The lowest BCUT2D eigenvalue weighted by Crippen LogP contribution is -2.08. The first-order chi connectivity index (χ1) is 9.79. The molecule has 0 fully saturated rings. The van der Waals surface area contributed by atoms with E-state index in [0.717, 1.165) is 12.1 Å². The standard InChI is InChI=1S/C14H13F3N2O2/c1-9-12(7-18-19(9)2)13(20)21-8-10-3-5-11(6-4-10)14(15,16)17/h3-7H,8H2,1-2H3. The smallest absolute Gasteiger partial charge is 0.416 e. The molecule has 1 heterocycles. The van der Waals surface area contributed by atoms with Crippen LogP contribution in [0, 0.1) is 6.92 Å². The van der Waals surface area contributed by atoms with Gasteiger partial charge in [0.25, 0.3) is 0 Å². The first kappa shape index (κ1) is 15.1. The van der Waals surface area contributed by atoms with Crippen LogP contribution in [0.3, 0.4) is 0 Å². The monoisotopic (exact) mass is 298 g/mol. The van der Waals surface area contributed by atoms with Crippen molar-refractivity contribution in [2.75, 3.05) is 0 Å². The van der Waals surface area contributed by atoms with E-state index >= 15 is 0 Å². The second kappa shape index (κ2) is 5.59. The highest BCUT2D eigenvalue weighted by Gasteiger charge is 2.29. The molecule has 0 saturated heterocycles. The second-order valence-corrected chi connectivity index (χ2v) is 4.54. The predicted molar refractivity (Wildman–Crippen MR) is 68.5 cm³/mol. The summed E-state index contributed by atoms with van der Waals surface area (Å²) in [7, 11) is 1.70. The fraction of sp³-hybridized carbons (Fsp3) is 0.286. The lowest BCUT2D eigenvalue weighted by molar-refractivity contribution is -0.137. The molecule has 0 saturated carbocycles. The number of nitrogens with zero attached hydrogens (tertiary/aromatic N) is 2. The van der Waals surface area contributed by atoms with E-state index in [1.807, 2.05) is 0 Å². The van der Waals surface area contributed by atoms with Gasteiger partial charge in [-0.25, -0.2) is 4.79 Å². The molecule has 4 nitrogen and oxygen atoms in total. The average molecular weight is 298 g/mol. The van der Waals surface area contributed by atoms with Gasteiger partial charge >= 0.3 is 12.1 Å². The zero-order valence-electron chi connectivity index (χ0n) is 11.4. The molecule has 0 spiro atoms. The first-order valence-corrected chi connectivity index (χ1v) is 6.11. The highest BCUT2D eigenvalue weighted by Crippen LogP contribution is 2.29. The van der Waals surface area contributed by atoms with Gasteiger partial charge < -0.3 is 4.74 Å². The van der Waals surface area contributed by atoms with Gasteiger partial charge in [-0.1, -0.05) is 12.1 Å². The summed E-state index contributed by atoms with van der Waals surface area (Å²) < 4.78 is 43.8. The molecule has 112 valence electrons. The maximum Gasteiger partial charge on any atom is 0.416 e. The fourth-order valence-corrected chi connectivity index (χ4v) is 1.72. The van der Waals surface area contributed by atoms with Crippen LogP contribution in [0.15, 0.2) is 30.5 Å². The van der Waals surface area contributed by atoms with Crippen LogP contribution >= 0.6 is 0 Å². The number of ether oxygens (including phenoxy) is 1. The molecule has 21 heavy (non-hydrogen) atoms. The number of benzene rings is 1. The lowest BCUT2D eigenvalue weighted by Gasteiger charge is -2.08. The fourth-order valence-electron chi connectivity index (χ4n) is 1.72.